The molecule has 0 atom stereocenters. The van der Waals surface area contributed by atoms with Crippen LogP contribution in [0.1, 0.15) is 25.3 Å². The summed E-state index contributed by atoms with van der Waals surface area (Å²) < 4.78 is 5.81. The highest BCUT2D eigenvalue weighted by molar-refractivity contribution is 5.44. The molecule has 88 valence electrons. The molecule has 2 N–H and O–H groups in total. The van der Waals surface area contributed by atoms with Gasteiger partial charge in [-0.2, -0.15) is 0 Å². The third-order valence-electron chi connectivity index (χ3n) is 2.50. The van der Waals surface area contributed by atoms with Gasteiger partial charge in [-0.05, 0) is 17.5 Å². The predicted octanol–water partition coefficient (Wildman–Crippen LogP) is 3.58. The van der Waals surface area contributed by atoms with E-state index in [1.54, 1.807) is 18.5 Å². The third kappa shape index (κ3) is 2.75. The highest BCUT2D eigenvalue weighted by atomic mass is 16.5. The Bertz CT molecular complexity index is 509. The smallest absolute Gasteiger partial charge is 0.147 e. The summed E-state index contributed by atoms with van der Waals surface area (Å²) in [5, 5.41) is 0. The molecular weight excluding hydrogens is 212 g/mol. The lowest BCUT2D eigenvalue weighted by Gasteiger charge is -2.13. The molecule has 0 spiro atoms. The molecule has 1 aromatic carbocycles. The van der Waals surface area contributed by atoms with Gasteiger partial charge >= 0.3 is 0 Å². The second kappa shape index (κ2) is 4.87. The number of hydrogen-bond donors (Lipinski definition) is 1. The van der Waals surface area contributed by atoms with E-state index in [-0.39, 0.29) is 0 Å². The average molecular weight is 228 g/mol. The van der Waals surface area contributed by atoms with Crippen molar-refractivity contribution in [1.29, 1.82) is 0 Å². The maximum atomic E-state index is 5.81. The van der Waals surface area contributed by atoms with Gasteiger partial charge < -0.3 is 10.5 Å². The molecule has 0 saturated carbocycles. The van der Waals surface area contributed by atoms with Crippen molar-refractivity contribution in [3.63, 3.8) is 0 Å². The molecule has 0 aliphatic carbocycles. The number of para-hydroxylation sites is 1. The van der Waals surface area contributed by atoms with Crippen LogP contribution in [0.5, 0.6) is 11.5 Å². The lowest BCUT2D eigenvalue weighted by atomic mass is 10.0. The minimum absolute atomic E-state index is 0.417. The molecule has 0 aliphatic rings. The highest BCUT2D eigenvalue weighted by Gasteiger charge is 2.07. The molecular formula is C14H16N2O. The molecule has 1 heterocycles. The first kappa shape index (κ1) is 11.5. The average Bonchev–Trinajstić information content (AvgIpc) is 2.29. The zero-order valence-corrected chi connectivity index (χ0v) is 10.1. The Kier molecular flexibility index (Phi) is 3.28. The maximum absolute atomic E-state index is 5.81. The van der Waals surface area contributed by atoms with E-state index >= 15 is 0 Å². The number of ether oxygens (including phenoxy) is 1. The van der Waals surface area contributed by atoms with Crippen LogP contribution in [-0.2, 0) is 0 Å². The predicted molar refractivity (Wildman–Crippen MR) is 69.3 cm³/mol. The summed E-state index contributed by atoms with van der Waals surface area (Å²) in [7, 11) is 0. The molecule has 2 rings (SSSR count). The molecule has 17 heavy (non-hydrogen) atoms. The van der Waals surface area contributed by atoms with Crippen LogP contribution >= 0.6 is 0 Å². The van der Waals surface area contributed by atoms with Gasteiger partial charge in [0.2, 0.25) is 0 Å². The largest absolute Gasteiger partial charge is 0.455 e. The summed E-state index contributed by atoms with van der Waals surface area (Å²) in [6.45, 7) is 4.28. The molecule has 3 heteroatoms. The molecule has 0 fully saturated rings. The van der Waals surface area contributed by atoms with Gasteiger partial charge in [-0.1, -0.05) is 32.0 Å². The zero-order chi connectivity index (χ0) is 12.3. The normalized spacial score (nSPS) is 10.5. The monoisotopic (exact) mass is 228 g/mol. The Morgan fingerprint density at radius 1 is 1.18 bits per heavy atom. The molecule has 3 nitrogen and oxygen atoms in total. The Labute approximate surface area is 101 Å². The lowest BCUT2D eigenvalue weighted by Crippen LogP contribution is -1.94. The minimum Gasteiger partial charge on any atom is -0.455 e. The van der Waals surface area contributed by atoms with Crippen LogP contribution < -0.4 is 10.5 Å². The summed E-state index contributed by atoms with van der Waals surface area (Å²) >= 11 is 0. The van der Waals surface area contributed by atoms with Gasteiger partial charge in [-0.25, -0.2) is 0 Å². The van der Waals surface area contributed by atoms with E-state index in [9.17, 15) is 0 Å². The summed E-state index contributed by atoms with van der Waals surface area (Å²) in [5.41, 5.74) is 7.44. The number of anilines is 1. The van der Waals surface area contributed by atoms with Crippen molar-refractivity contribution in [3.05, 3.63) is 48.3 Å². The van der Waals surface area contributed by atoms with E-state index in [1.807, 2.05) is 18.2 Å². The van der Waals surface area contributed by atoms with Crippen LogP contribution in [-0.4, -0.2) is 4.98 Å². The van der Waals surface area contributed by atoms with Gasteiger partial charge in [0.15, 0.2) is 0 Å². The van der Waals surface area contributed by atoms with Gasteiger partial charge in [0.05, 0.1) is 18.1 Å². The number of nitrogen functional groups attached to an aromatic ring is 1. The maximum Gasteiger partial charge on any atom is 0.147 e. The second-order valence-electron chi connectivity index (χ2n) is 4.25. The van der Waals surface area contributed by atoms with Crippen molar-refractivity contribution < 1.29 is 4.74 Å². The quantitative estimate of drug-likeness (QED) is 0.873. The highest BCUT2D eigenvalue weighted by Crippen LogP contribution is 2.30. The SMILES string of the molecule is CC(C)c1ccccc1Oc1cncc(N)c1. The van der Waals surface area contributed by atoms with E-state index in [0.717, 1.165) is 5.75 Å². The fourth-order valence-electron chi connectivity index (χ4n) is 1.67. The van der Waals surface area contributed by atoms with Crippen LogP contribution in [0.2, 0.25) is 0 Å². The van der Waals surface area contributed by atoms with Gasteiger partial charge in [0, 0.05) is 6.07 Å². The van der Waals surface area contributed by atoms with E-state index < -0.39 is 0 Å². The number of hydrogen-bond acceptors (Lipinski definition) is 3. The number of benzene rings is 1. The van der Waals surface area contributed by atoms with Crippen LogP contribution in [0.25, 0.3) is 0 Å². The van der Waals surface area contributed by atoms with Crippen molar-refractivity contribution >= 4 is 5.69 Å². The number of nitrogens with zero attached hydrogens (tertiary/aromatic N) is 1. The summed E-state index contributed by atoms with van der Waals surface area (Å²) in [5.74, 6) is 1.94. The van der Waals surface area contributed by atoms with Crippen LogP contribution in [0.15, 0.2) is 42.7 Å². The van der Waals surface area contributed by atoms with Gasteiger partial charge in [-0.3, -0.25) is 4.98 Å². The fourth-order valence-corrected chi connectivity index (χ4v) is 1.67. The molecule has 0 bridgehead atoms. The zero-order valence-electron chi connectivity index (χ0n) is 10.1. The minimum atomic E-state index is 0.417. The number of rotatable bonds is 3. The molecule has 0 unspecified atom stereocenters. The van der Waals surface area contributed by atoms with Crippen molar-refractivity contribution in [1.82, 2.24) is 4.98 Å². The van der Waals surface area contributed by atoms with E-state index in [2.05, 4.69) is 24.9 Å². The van der Waals surface area contributed by atoms with Crippen molar-refractivity contribution in [2.45, 2.75) is 19.8 Å². The summed E-state index contributed by atoms with van der Waals surface area (Å²) in [6, 6.07) is 9.77. The summed E-state index contributed by atoms with van der Waals surface area (Å²) in [6.07, 6.45) is 3.26. The van der Waals surface area contributed by atoms with E-state index in [1.165, 1.54) is 5.56 Å². The lowest BCUT2D eigenvalue weighted by molar-refractivity contribution is 0.471. The van der Waals surface area contributed by atoms with E-state index in [0.29, 0.717) is 17.4 Å². The fraction of sp³-hybridized carbons (Fsp3) is 0.214. The van der Waals surface area contributed by atoms with Crippen molar-refractivity contribution in [3.8, 4) is 11.5 Å². The Balaban J connectivity index is 2.30. The van der Waals surface area contributed by atoms with Crippen molar-refractivity contribution in [2.75, 3.05) is 5.73 Å². The molecule has 0 aliphatic heterocycles. The first-order valence-electron chi connectivity index (χ1n) is 5.64. The van der Waals surface area contributed by atoms with E-state index in [4.69, 9.17) is 10.5 Å². The number of nitrogens with two attached hydrogens (primary N) is 1. The first-order chi connectivity index (χ1) is 8.16. The molecule has 0 radical (unpaired) electrons. The van der Waals surface area contributed by atoms with Gasteiger partial charge in [0.1, 0.15) is 11.5 Å². The first-order valence-corrected chi connectivity index (χ1v) is 5.64. The van der Waals surface area contributed by atoms with Crippen LogP contribution in [0.3, 0.4) is 0 Å². The van der Waals surface area contributed by atoms with Crippen molar-refractivity contribution in [2.24, 2.45) is 0 Å². The Hall–Kier alpha value is -2.03. The molecule has 0 amide bonds. The topological polar surface area (TPSA) is 48.1 Å². The standard InChI is InChI=1S/C14H16N2O/c1-10(2)13-5-3-4-6-14(13)17-12-7-11(15)8-16-9-12/h3-10H,15H2,1-2H3. The molecule has 2 aromatic rings. The number of aromatic nitrogens is 1. The second-order valence-corrected chi connectivity index (χ2v) is 4.25. The summed E-state index contributed by atoms with van der Waals surface area (Å²) in [4.78, 5) is 4.00. The van der Waals surface area contributed by atoms with Crippen LogP contribution in [0.4, 0.5) is 5.69 Å². The number of pyridine rings is 1. The third-order valence-corrected chi connectivity index (χ3v) is 2.50. The molecule has 0 saturated heterocycles. The van der Waals surface area contributed by atoms with Gasteiger partial charge in [0.25, 0.3) is 0 Å². The Morgan fingerprint density at radius 3 is 2.65 bits per heavy atom. The molecule has 1 aromatic heterocycles. The van der Waals surface area contributed by atoms with Gasteiger partial charge in [-0.15, -0.1) is 0 Å². The Morgan fingerprint density at radius 2 is 1.94 bits per heavy atom. The van der Waals surface area contributed by atoms with Crippen LogP contribution in [0, 0.1) is 0 Å².